The van der Waals surface area contributed by atoms with Gasteiger partial charge >= 0.3 is 5.97 Å². The Labute approximate surface area is 112 Å². The van der Waals surface area contributed by atoms with Crippen molar-refractivity contribution in [3.63, 3.8) is 0 Å². The van der Waals surface area contributed by atoms with Gasteiger partial charge in [-0.05, 0) is 50.2 Å². The van der Waals surface area contributed by atoms with E-state index in [1.54, 1.807) is 24.3 Å². The fourth-order valence-corrected chi connectivity index (χ4v) is 2.11. The summed E-state index contributed by atoms with van der Waals surface area (Å²) in [6, 6.07) is 6.91. The van der Waals surface area contributed by atoms with E-state index in [0.717, 1.165) is 31.5 Å². The summed E-state index contributed by atoms with van der Waals surface area (Å²) in [6.45, 7) is 2.32. The quantitative estimate of drug-likeness (QED) is 0.505. The van der Waals surface area contributed by atoms with Gasteiger partial charge in [0.1, 0.15) is 10.7 Å². The van der Waals surface area contributed by atoms with Crippen LogP contribution in [0.3, 0.4) is 0 Å². The number of benzene rings is 1. The Balaban J connectivity index is 1.88. The average Bonchev–Trinajstić information content (AvgIpc) is 2.82. The molecule has 1 saturated heterocycles. The summed E-state index contributed by atoms with van der Waals surface area (Å²) in [6.07, 6.45) is 2.33. The molecule has 1 heterocycles. The van der Waals surface area contributed by atoms with E-state index in [1.807, 2.05) is 0 Å². The second-order valence-corrected chi connectivity index (χ2v) is 4.79. The summed E-state index contributed by atoms with van der Waals surface area (Å²) in [5.74, 6) is 0.305. The van der Waals surface area contributed by atoms with Crippen LogP contribution in [0.1, 0.15) is 18.4 Å². The van der Waals surface area contributed by atoms with Crippen LogP contribution in [0.2, 0.25) is 0 Å². The molecule has 0 aliphatic carbocycles. The average molecular weight is 264 g/mol. The first kappa shape index (κ1) is 13.0. The highest BCUT2D eigenvalue weighted by Gasteiger charge is 2.16. The molecule has 0 amide bonds. The molecule has 1 aromatic carbocycles. The number of nitrogens with zero attached hydrogens (tertiary/aromatic N) is 1. The van der Waals surface area contributed by atoms with Crippen molar-refractivity contribution in [2.75, 3.05) is 19.6 Å². The summed E-state index contributed by atoms with van der Waals surface area (Å²) in [7, 11) is 0. The van der Waals surface area contributed by atoms with Crippen LogP contribution in [0.5, 0.6) is 5.75 Å². The third-order valence-electron chi connectivity index (χ3n) is 2.92. The molecule has 18 heavy (non-hydrogen) atoms. The highest BCUT2D eigenvalue weighted by atomic mass is 32.1. The highest BCUT2D eigenvalue weighted by Crippen LogP contribution is 2.13. The number of likely N-dealkylation sites (tertiary alicyclic amines) is 1. The van der Waals surface area contributed by atoms with E-state index in [4.69, 9.17) is 22.7 Å². The van der Waals surface area contributed by atoms with Gasteiger partial charge in [-0.2, -0.15) is 0 Å². The molecular weight excluding hydrogens is 248 g/mol. The number of hydrogen-bond donors (Lipinski definition) is 1. The van der Waals surface area contributed by atoms with Crippen molar-refractivity contribution in [3.8, 4) is 5.75 Å². The predicted octanol–water partition coefficient (Wildman–Crippen LogP) is 1.32. The highest BCUT2D eigenvalue weighted by molar-refractivity contribution is 7.80. The van der Waals surface area contributed by atoms with Gasteiger partial charge in [0.05, 0.1) is 6.54 Å². The molecule has 0 bridgehead atoms. The van der Waals surface area contributed by atoms with Gasteiger partial charge in [-0.15, -0.1) is 0 Å². The van der Waals surface area contributed by atoms with Gasteiger partial charge in [0.2, 0.25) is 0 Å². The van der Waals surface area contributed by atoms with Crippen LogP contribution in [0.25, 0.3) is 0 Å². The molecule has 5 heteroatoms. The monoisotopic (exact) mass is 264 g/mol. The van der Waals surface area contributed by atoms with Crippen molar-refractivity contribution in [1.82, 2.24) is 4.90 Å². The van der Waals surface area contributed by atoms with Crippen LogP contribution in [0, 0.1) is 0 Å². The topological polar surface area (TPSA) is 55.6 Å². The Morgan fingerprint density at radius 3 is 2.44 bits per heavy atom. The third kappa shape index (κ3) is 3.51. The summed E-state index contributed by atoms with van der Waals surface area (Å²) in [5, 5.41) is 0. The van der Waals surface area contributed by atoms with Gasteiger partial charge < -0.3 is 10.5 Å². The third-order valence-corrected chi connectivity index (χ3v) is 3.16. The molecule has 1 aliphatic heterocycles. The number of ether oxygens (including phenoxy) is 1. The Kier molecular flexibility index (Phi) is 4.28. The minimum absolute atomic E-state index is 0.222. The van der Waals surface area contributed by atoms with Crippen molar-refractivity contribution >= 4 is 23.2 Å². The number of esters is 1. The maximum Gasteiger partial charge on any atom is 0.325 e. The lowest BCUT2D eigenvalue weighted by Crippen LogP contribution is -2.29. The molecule has 4 nitrogen and oxygen atoms in total. The van der Waals surface area contributed by atoms with Crippen LogP contribution in [-0.4, -0.2) is 35.5 Å². The molecule has 0 spiro atoms. The lowest BCUT2D eigenvalue weighted by Gasteiger charge is -2.13. The molecule has 0 aromatic heterocycles. The SMILES string of the molecule is NC(=S)c1ccc(OC(=O)CN2CCCC2)cc1. The number of carbonyl (C=O) groups excluding carboxylic acids is 1. The summed E-state index contributed by atoms with van der Waals surface area (Å²) < 4.78 is 5.25. The smallest absolute Gasteiger partial charge is 0.325 e. The maximum absolute atomic E-state index is 11.7. The van der Waals surface area contributed by atoms with E-state index in [-0.39, 0.29) is 5.97 Å². The Bertz CT molecular complexity index is 439. The van der Waals surface area contributed by atoms with Gasteiger partial charge in [0.15, 0.2) is 0 Å². The first-order valence-corrected chi connectivity index (χ1v) is 6.39. The number of carbonyl (C=O) groups is 1. The van der Waals surface area contributed by atoms with Crippen LogP contribution in [-0.2, 0) is 4.79 Å². The van der Waals surface area contributed by atoms with Crippen LogP contribution < -0.4 is 10.5 Å². The van der Waals surface area contributed by atoms with Crippen molar-refractivity contribution in [3.05, 3.63) is 29.8 Å². The lowest BCUT2D eigenvalue weighted by molar-refractivity contribution is -0.135. The summed E-state index contributed by atoms with van der Waals surface area (Å²) >= 11 is 4.85. The fraction of sp³-hybridized carbons (Fsp3) is 0.385. The van der Waals surface area contributed by atoms with E-state index in [2.05, 4.69) is 4.90 Å². The zero-order chi connectivity index (χ0) is 13.0. The summed E-state index contributed by atoms with van der Waals surface area (Å²) in [5.41, 5.74) is 6.26. The second-order valence-electron chi connectivity index (χ2n) is 4.35. The Hall–Kier alpha value is -1.46. The lowest BCUT2D eigenvalue weighted by atomic mass is 10.2. The molecule has 1 aromatic rings. The molecule has 0 unspecified atom stereocenters. The Morgan fingerprint density at radius 2 is 1.89 bits per heavy atom. The molecular formula is C13H16N2O2S. The molecule has 96 valence electrons. The van der Waals surface area contributed by atoms with Crippen LogP contribution in [0.15, 0.2) is 24.3 Å². The van der Waals surface area contributed by atoms with Crippen LogP contribution in [0.4, 0.5) is 0 Å². The second kappa shape index (κ2) is 5.93. The van der Waals surface area contributed by atoms with Gasteiger partial charge in [0.25, 0.3) is 0 Å². The molecule has 2 N–H and O–H groups in total. The predicted molar refractivity (Wildman–Crippen MR) is 73.6 cm³/mol. The van der Waals surface area contributed by atoms with Gasteiger partial charge in [-0.3, -0.25) is 9.69 Å². The Morgan fingerprint density at radius 1 is 1.28 bits per heavy atom. The zero-order valence-electron chi connectivity index (χ0n) is 10.1. The van der Waals surface area contributed by atoms with Crippen molar-refractivity contribution in [2.24, 2.45) is 5.73 Å². The molecule has 1 aliphatic rings. The molecule has 0 radical (unpaired) electrons. The van der Waals surface area contributed by atoms with Crippen molar-refractivity contribution in [2.45, 2.75) is 12.8 Å². The molecule has 0 atom stereocenters. The van der Waals surface area contributed by atoms with E-state index in [9.17, 15) is 4.79 Å². The van der Waals surface area contributed by atoms with Crippen LogP contribution >= 0.6 is 12.2 Å². The van der Waals surface area contributed by atoms with Crippen molar-refractivity contribution in [1.29, 1.82) is 0 Å². The minimum Gasteiger partial charge on any atom is -0.426 e. The zero-order valence-corrected chi connectivity index (χ0v) is 10.9. The van der Waals surface area contributed by atoms with E-state index in [0.29, 0.717) is 17.3 Å². The number of rotatable bonds is 4. The number of hydrogen-bond acceptors (Lipinski definition) is 4. The number of thiocarbonyl (C=S) groups is 1. The fourth-order valence-electron chi connectivity index (χ4n) is 1.97. The largest absolute Gasteiger partial charge is 0.426 e. The molecule has 0 saturated carbocycles. The van der Waals surface area contributed by atoms with E-state index >= 15 is 0 Å². The minimum atomic E-state index is -0.222. The number of nitrogens with two attached hydrogens (primary N) is 1. The first-order valence-electron chi connectivity index (χ1n) is 5.98. The van der Waals surface area contributed by atoms with E-state index < -0.39 is 0 Å². The molecule has 1 fully saturated rings. The molecule has 2 rings (SSSR count). The maximum atomic E-state index is 11.7. The first-order chi connectivity index (χ1) is 8.65. The van der Waals surface area contributed by atoms with Gasteiger partial charge in [-0.25, -0.2) is 0 Å². The normalized spacial score (nSPS) is 15.6. The standard InChI is InChI=1S/C13H16N2O2S/c14-13(18)10-3-5-11(6-4-10)17-12(16)9-15-7-1-2-8-15/h3-6H,1-2,7-9H2,(H2,14,18). The van der Waals surface area contributed by atoms with Gasteiger partial charge in [-0.1, -0.05) is 12.2 Å². The van der Waals surface area contributed by atoms with Crippen molar-refractivity contribution < 1.29 is 9.53 Å². The van der Waals surface area contributed by atoms with Gasteiger partial charge in [0, 0.05) is 5.56 Å². The summed E-state index contributed by atoms with van der Waals surface area (Å²) in [4.78, 5) is 14.1. The van der Waals surface area contributed by atoms with E-state index in [1.165, 1.54) is 0 Å².